The molecule has 0 unspecified atom stereocenters. The first kappa shape index (κ1) is 9.25. The van der Waals surface area contributed by atoms with Crippen LogP contribution >= 0.6 is 0 Å². The van der Waals surface area contributed by atoms with Crippen molar-refractivity contribution in [2.24, 2.45) is 13.0 Å². The number of hydrogen-bond acceptors (Lipinski definition) is 2. The van der Waals surface area contributed by atoms with Gasteiger partial charge in [-0.25, -0.2) is 0 Å². The van der Waals surface area contributed by atoms with E-state index in [-0.39, 0.29) is 0 Å². The summed E-state index contributed by atoms with van der Waals surface area (Å²) in [5.74, 6) is 1.79. The Hall–Kier alpha value is -0.990. The van der Waals surface area contributed by atoms with Crippen LogP contribution in [0.25, 0.3) is 0 Å². The van der Waals surface area contributed by atoms with Gasteiger partial charge in [-0.2, -0.15) is 5.10 Å². The Morgan fingerprint density at radius 3 is 2.93 bits per heavy atom. The molecular formula is C12H19N3. The van der Waals surface area contributed by atoms with Crippen LogP contribution in [0.2, 0.25) is 0 Å². The fourth-order valence-electron chi connectivity index (χ4n) is 3.47. The summed E-state index contributed by atoms with van der Waals surface area (Å²) >= 11 is 0. The van der Waals surface area contributed by atoms with Gasteiger partial charge in [-0.15, -0.1) is 0 Å². The van der Waals surface area contributed by atoms with Crippen LogP contribution in [0, 0.1) is 5.92 Å². The second-order valence-corrected chi connectivity index (χ2v) is 5.14. The number of fused-ring (bicyclic) bond motifs is 1. The van der Waals surface area contributed by atoms with Crippen LogP contribution in [0.4, 0.5) is 5.82 Å². The van der Waals surface area contributed by atoms with Gasteiger partial charge in [0, 0.05) is 18.0 Å². The predicted molar refractivity (Wildman–Crippen MR) is 60.6 cm³/mol. The van der Waals surface area contributed by atoms with E-state index in [1.165, 1.54) is 36.9 Å². The molecule has 3 heteroatoms. The van der Waals surface area contributed by atoms with Gasteiger partial charge in [-0.05, 0) is 31.6 Å². The third-order valence-electron chi connectivity index (χ3n) is 4.43. The largest absolute Gasteiger partial charge is 0.384 e. The first-order valence-electron chi connectivity index (χ1n) is 6.01. The fraction of sp³-hybridized carbons (Fsp3) is 0.750. The minimum absolute atomic E-state index is 0.445. The van der Waals surface area contributed by atoms with Crippen LogP contribution in [0.1, 0.15) is 43.9 Å². The van der Waals surface area contributed by atoms with E-state index in [0.29, 0.717) is 5.41 Å². The molecule has 2 saturated carbocycles. The number of hydrogen-bond donors (Lipinski definition) is 1. The fourth-order valence-corrected chi connectivity index (χ4v) is 3.47. The molecule has 1 aromatic heterocycles. The molecule has 82 valence electrons. The Morgan fingerprint density at radius 2 is 2.40 bits per heavy atom. The molecule has 0 aliphatic heterocycles. The van der Waals surface area contributed by atoms with Gasteiger partial charge in [0.05, 0.1) is 5.69 Å². The molecule has 3 nitrogen and oxygen atoms in total. The van der Waals surface area contributed by atoms with Gasteiger partial charge in [0.15, 0.2) is 0 Å². The van der Waals surface area contributed by atoms with E-state index in [1.807, 2.05) is 11.7 Å². The van der Waals surface area contributed by atoms with Crippen molar-refractivity contribution in [1.82, 2.24) is 9.78 Å². The molecule has 2 atom stereocenters. The Labute approximate surface area is 90.7 Å². The van der Waals surface area contributed by atoms with Gasteiger partial charge in [0.2, 0.25) is 0 Å². The van der Waals surface area contributed by atoms with E-state index < -0.39 is 0 Å². The molecule has 1 aromatic rings. The SMILES string of the molecule is CCc1c([C@@]23CCC[C@@H]2C3)nn(C)c1N. The summed E-state index contributed by atoms with van der Waals surface area (Å²) in [5, 5.41) is 4.67. The van der Waals surface area contributed by atoms with E-state index in [2.05, 4.69) is 12.0 Å². The van der Waals surface area contributed by atoms with E-state index in [9.17, 15) is 0 Å². The Balaban J connectivity index is 2.08. The van der Waals surface area contributed by atoms with Gasteiger partial charge < -0.3 is 5.73 Å². The molecular weight excluding hydrogens is 186 g/mol. The lowest BCUT2D eigenvalue weighted by Gasteiger charge is -2.10. The molecule has 3 rings (SSSR count). The number of nitrogens with two attached hydrogens (primary N) is 1. The van der Waals surface area contributed by atoms with Crippen molar-refractivity contribution in [2.45, 2.75) is 44.4 Å². The molecule has 0 radical (unpaired) electrons. The maximum atomic E-state index is 6.06. The summed E-state index contributed by atoms with van der Waals surface area (Å²) in [5.41, 5.74) is 9.14. The van der Waals surface area contributed by atoms with Crippen molar-refractivity contribution in [3.8, 4) is 0 Å². The normalized spacial score (nSPS) is 33.1. The summed E-state index contributed by atoms with van der Waals surface area (Å²) in [6.45, 7) is 2.18. The van der Waals surface area contributed by atoms with Gasteiger partial charge >= 0.3 is 0 Å². The molecule has 2 aliphatic rings. The summed E-state index contributed by atoms with van der Waals surface area (Å²) in [6.07, 6.45) is 6.49. The first-order chi connectivity index (χ1) is 7.19. The van der Waals surface area contributed by atoms with E-state index >= 15 is 0 Å². The average molecular weight is 205 g/mol. The second kappa shape index (κ2) is 2.77. The minimum Gasteiger partial charge on any atom is -0.384 e. The summed E-state index contributed by atoms with van der Waals surface area (Å²) in [6, 6.07) is 0. The summed E-state index contributed by atoms with van der Waals surface area (Å²) in [4.78, 5) is 0. The lowest BCUT2D eigenvalue weighted by atomic mass is 9.94. The highest BCUT2D eigenvalue weighted by atomic mass is 15.3. The first-order valence-corrected chi connectivity index (χ1v) is 6.01. The standard InChI is InChI=1S/C12H19N3/c1-3-9-10(14-15(2)11(9)13)12-6-4-5-8(12)7-12/h8H,3-7,13H2,1-2H3/t8-,12-/m1/s1. The highest BCUT2D eigenvalue weighted by Crippen LogP contribution is 2.64. The predicted octanol–water partition coefficient (Wildman–Crippen LogP) is 2.01. The van der Waals surface area contributed by atoms with Crippen LogP contribution in [0.5, 0.6) is 0 Å². The van der Waals surface area contributed by atoms with Crippen LogP contribution in [-0.4, -0.2) is 9.78 Å². The third-order valence-corrected chi connectivity index (χ3v) is 4.43. The summed E-state index contributed by atoms with van der Waals surface area (Å²) in [7, 11) is 1.96. The molecule has 0 bridgehead atoms. The van der Waals surface area contributed by atoms with Gasteiger partial charge in [0.25, 0.3) is 0 Å². The smallest absolute Gasteiger partial charge is 0.124 e. The van der Waals surface area contributed by atoms with Crippen LogP contribution in [0.3, 0.4) is 0 Å². The van der Waals surface area contributed by atoms with Gasteiger partial charge in [-0.1, -0.05) is 13.3 Å². The zero-order valence-corrected chi connectivity index (χ0v) is 9.58. The number of aromatic nitrogens is 2. The molecule has 0 saturated heterocycles. The summed E-state index contributed by atoms with van der Waals surface area (Å²) < 4.78 is 1.86. The maximum Gasteiger partial charge on any atom is 0.124 e. The third kappa shape index (κ3) is 1.04. The van der Waals surface area contributed by atoms with E-state index in [4.69, 9.17) is 5.73 Å². The average Bonchev–Trinajstić information content (AvgIpc) is 2.65. The molecule has 2 N–H and O–H groups in total. The number of nitrogens with zero attached hydrogens (tertiary/aromatic N) is 2. The molecule has 2 aliphatic carbocycles. The molecule has 0 amide bonds. The minimum atomic E-state index is 0.445. The maximum absolute atomic E-state index is 6.06. The monoisotopic (exact) mass is 205 g/mol. The molecule has 0 aromatic carbocycles. The van der Waals surface area contributed by atoms with Crippen LogP contribution in [0.15, 0.2) is 0 Å². The topological polar surface area (TPSA) is 43.8 Å². The number of anilines is 1. The quantitative estimate of drug-likeness (QED) is 0.802. The zero-order chi connectivity index (χ0) is 10.6. The van der Waals surface area contributed by atoms with Crippen molar-refractivity contribution in [3.63, 3.8) is 0 Å². The lowest BCUT2D eigenvalue weighted by Crippen LogP contribution is -2.09. The molecule has 15 heavy (non-hydrogen) atoms. The Kier molecular flexibility index (Phi) is 1.71. The zero-order valence-electron chi connectivity index (χ0n) is 9.58. The molecule has 2 fully saturated rings. The van der Waals surface area contributed by atoms with Gasteiger partial charge in [0.1, 0.15) is 5.82 Å². The van der Waals surface area contributed by atoms with Crippen molar-refractivity contribution in [1.29, 1.82) is 0 Å². The second-order valence-electron chi connectivity index (χ2n) is 5.14. The van der Waals surface area contributed by atoms with Crippen LogP contribution < -0.4 is 5.73 Å². The van der Waals surface area contributed by atoms with E-state index in [1.54, 1.807) is 0 Å². The van der Waals surface area contributed by atoms with Gasteiger partial charge in [-0.3, -0.25) is 4.68 Å². The van der Waals surface area contributed by atoms with Crippen molar-refractivity contribution < 1.29 is 0 Å². The highest BCUT2D eigenvalue weighted by molar-refractivity contribution is 5.49. The molecule has 0 spiro atoms. The number of nitrogen functional groups attached to an aromatic ring is 1. The van der Waals surface area contributed by atoms with Crippen molar-refractivity contribution in [2.75, 3.05) is 5.73 Å². The van der Waals surface area contributed by atoms with Crippen molar-refractivity contribution in [3.05, 3.63) is 11.3 Å². The number of aryl methyl sites for hydroxylation is 1. The van der Waals surface area contributed by atoms with E-state index in [0.717, 1.165) is 18.2 Å². The Morgan fingerprint density at radius 1 is 1.60 bits per heavy atom. The Bertz CT molecular complexity index is 407. The van der Waals surface area contributed by atoms with Crippen LogP contribution in [-0.2, 0) is 18.9 Å². The van der Waals surface area contributed by atoms with Crippen molar-refractivity contribution >= 4 is 5.82 Å². The number of rotatable bonds is 2. The molecule has 1 heterocycles. The highest BCUT2D eigenvalue weighted by Gasteiger charge is 2.60. The lowest BCUT2D eigenvalue weighted by molar-refractivity contribution is 0.608.